The molecule has 0 spiro atoms. The zero-order valence-corrected chi connectivity index (χ0v) is 15.4. The first-order chi connectivity index (χ1) is 11.4. The average molecular weight is 348 g/mol. The molecule has 0 aliphatic rings. The maximum atomic E-state index is 12.1. The normalized spacial score (nSPS) is 12.1. The number of carbonyl (C=O) groups excluding carboxylic acids is 2. The zero-order valence-electron chi connectivity index (χ0n) is 15.4. The molecule has 0 aliphatic heterocycles. The van der Waals surface area contributed by atoms with Crippen LogP contribution in [-0.4, -0.2) is 37.8 Å². The quantitative estimate of drug-likeness (QED) is 0.856. The molecule has 0 radical (unpaired) electrons. The molecule has 8 heteroatoms. The van der Waals surface area contributed by atoms with E-state index in [1.807, 2.05) is 0 Å². The minimum atomic E-state index is -0.616. The van der Waals surface area contributed by atoms with E-state index in [9.17, 15) is 9.59 Å². The molecule has 0 unspecified atom stereocenters. The fraction of sp³-hybridized carbons (Fsp3) is 0.529. The molecule has 0 atom stereocenters. The summed E-state index contributed by atoms with van der Waals surface area (Å²) in [5.74, 6) is -0.396. The van der Waals surface area contributed by atoms with Gasteiger partial charge in [-0.2, -0.15) is 0 Å². The number of carbonyl (C=O) groups is 2. The molecule has 0 aromatic carbocycles. The third-order valence-corrected chi connectivity index (χ3v) is 2.89. The van der Waals surface area contributed by atoms with E-state index < -0.39 is 23.3 Å². The summed E-state index contributed by atoms with van der Waals surface area (Å²) in [6.07, 6.45) is 3.98. The fourth-order valence-corrected chi connectivity index (χ4v) is 2.18. The van der Waals surface area contributed by atoms with Crippen LogP contribution in [0.5, 0.6) is 0 Å². The Labute approximate surface area is 146 Å². The van der Waals surface area contributed by atoms with E-state index in [-0.39, 0.29) is 6.54 Å². The minimum absolute atomic E-state index is 0.0270. The fourth-order valence-electron chi connectivity index (χ4n) is 2.18. The SMILES string of the molecule is CC(C)(C)OC(=O)Cn1cc(NC(=O)OC(C)(C)C)c2cncnc21. The number of nitrogens with one attached hydrogen (secondary N) is 1. The first-order valence-corrected chi connectivity index (χ1v) is 7.95. The van der Waals surface area contributed by atoms with Crippen LogP contribution in [0.1, 0.15) is 41.5 Å². The third-order valence-electron chi connectivity index (χ3n) is 2.89. The molecule has 0 bridgehead atoms. The number of nitrogens with zero attached hydrogens (tertiary/aromatic N) is 3. The van der Waals surface area contributed by atoms with Crippen molar-refractivity contribution in [1.29, 1.82) is 0 Å². The van der Waals surface area contributed by atoms with Crippen LogP contribution in [0.4, 0.5) is 10.5 Å². The van der Waals surface area contributed by atoms with Gasteiger partial charge in [0.25, 0.3) is 0 Å². The number of ether oxygens (including phenoxy) is 2. The third kappa shape index (κ3) is 5.44. The molecule has 0 saturated carbocycles. The Balaban J connectivity index is 2.25. The van der Waals surface area contributed by atoms with Crippen LogP contribution >= 0.6 is 0 Å². The molecule has 0 aliphatic carbocycles. The number of amides is 1. The van der Waals surface area contributed by atoms with Gasteiger partial charge in [-0.1, -0.05) is 0 Å². The largest absolute Gasteiger partial charge is 0.459 e. The molecule has 2 rings (SSSR count). The maximum absolute atomic E-state index is 12.1. The van der Waals surface area contributed by atoms with Crippen LogP contribution in [0.3, 0.4) is 0 Å². The summed E-state index contributed by atoms with van der Waals surface area (Å²) >= 11 is 0. The predicted molar refractivity (Wildman–Crippen MR) is 93.2 cm³/mol. The molecule has 0 saturated heterocycles. The van der Waals surface area contributed by atoms with Crippen molar-refractivity contribution in [2.24, 2.45) is 0 Å². The van der Waals surface area contributed by atoms with Gasteiger partial charge in [-0.15, -0.1) is 0 Å². The van der Waals surface area contributed by atoms with Gasteiger partial charge in [0, 0.05) is 12.4 Å². The summed E-state index contributed by atoms with van der Waals surface area (Å²) < 4.78 is 12.2. The highest BCUT2D eigenvalue weighted by Crippen LogP contribution is 2.24. The first-order valence-electron chi connectivity index (χ1n) is 7.95. The van der Waals surface area contributed by atoms with Crippen molar-refractivity contribution in [1.82, 2.24) is 14.5 Å². The molecule has 2 heterocycles. The molecule has 136 valence electrons. The van der Waals surface area contributed by atoms with Gasteiger partial charge >= 0.3 is 12.1 Å². The van der Waals surface area contributed by atoms with Gasteiger partial charge in [-0.3, -0.25) is 10.1 Å². The molecule has 8 nitrogen and oxygen atoms in total. The van der Waals surface area contributed by atoms with Gasteiger partial charge < -0.3 is 14.0 Å². The lowest BCUT2D eigenvalue weighted by molar-refractivity contribution is -0.155. The summed E-state index contributed by atoms with van der Waals surface area (Å²) in [5, 5.41) is 3.28. The van der Waals surface area contributed by atoms with Crippen molar-refractivity contribution >= 4 is 28.8 Å². The van der Waals surface area contributed by atoms with E-state index in [4.69, 9.17) is 9.47 Å². The number of hydrogen-bond donors (Lipinski definition) is 1. The lowest BCUT2D eigenvalue weighted by atomic mass is 10.2. The lowest BCUT2D eigenvalue weighted by Gasteiger charge is -2.19. The van der Waals surface area contributed by atoms with Gasteiger partial charge in [-0.05, 0) is 41.5 Å². The maximum Gasteiger partial charge on any atom is 0.412 e. The van der Waals surface area contributed by atoms with Crippen molar-refractivity contribution in [3.63, 3.8) is 0 Å². The number of rotatable bonds is 3. The minimum Gasteiger partial charge on any atom is -0.459 e. The Morgan fingerprint density at radius 2 is 1.76 bits per heavy atom. The van der Waals surface area contributed by atoms with E-state index >= 15 is 0 Å². The Kier molecular flexibility index (Phi) is 5.01. The van der Waals surface area contributed by atoms with Gasteiger partial charge in [0.2, 0.25) is 0 Å². The summed E-state index contributed by atoms with van der Waals surface area (Å²) in [6.45, 7) is 10.7. The zero-order chi connectivity index (χ0) is 18.8. The second-order valence-electron chi connectivity index (χ2n) is 7.64. The Bertz CT molecular complexity index is 720. The summed E-state index contributed by atoms with van der Waals surface area (Å²) in [4.78, 5) is 32.3. The van der Waals surface area contributed by atoms with Crippen LogP contribution in [0.15, 0.2) is 18.7 Å². The topological polar surface area (TPSA) is 95.3 Å². The van der Waals surface area contributed by atoms with Gasteiger partial charge in [0.1, 0.15) is 29.7 Å². The van der Waals surface area contributed by atoms with E-state index in [0.29, 0.717) is 16.7 Å². The van der Waals surface area contributed by atoms with Crippen molar-refractivity contribution in [2.45, 2.75) is 59.3 Å². The van der Waals surface area contributed by atoms with E-state index in [0.717, 1.165) is 0 Å². The molecule has 1 N–H and O–H groups in total. The van der Waals surface area contributed by atoms with Gasteiger partial charge in [0.15, 0.2) is 0 Å². The lowest BCUT2D eigenvalue weighted by Crippen LogP contribution is -2.27. The Morgan fingerprint density at radius 1 is 1.12 bits per heavy atom. The van der Waals surface area contributed by atoms with Crippen LogP contribution in [-0.2, 0) is 20.8 Å². The number of hydrogen-bond acceptors (Lipinski definition) is 6. The predicted octanol–water partition coefficient (Wildman–Crippen LogP) is 3.12. The highest BCUT2D eigenvalue weighted by atomic mass is 16.6. The van der Waals surface area contributed by atoms with Crippen LogP contribution in [0.2, 0.25) is 0 Å². The Hall–Kier alpha value is -2.64. The van der Waals surface area contributed by atoms with Crippen LogP contribution in [0.25, 0.3) is 11.0 Å². The van der Waals surface area contributed by atoms with Crippen LogP contribution < -0.4 is 5.32 Å². The monoisotopic (exact) mass is 348 g/mol. The van der Waals surface area contributed by atoms with E-state index in [1.165, 1.54) is 6.33 Å². The second-order valence-corrected chi connectivity index (χ2v) is 7.64. The molecular formula is C17H24N4O4. The average Bonchev–Trinajstić information content (AvgIpc) is 2.73. The highest BCUT2D eigenvalue weighted by molar-refractivity contribution is 5.98. The molecule has 2 aromatic heterocycles. The highest BCUT2D eigenvalue weighted by Gasteiger charge is 2.21. The van der Waals surface area contributed by atoms with E-state index in [1.54, 1.807) is 58.5 Å². The second kappa shape index (κ2) is 6.70. The first kappa shape index (κ1) is 18.7. The summed E-state index contributed by atoms with van der Waals surface area (Å²) in [6, 6.07) is 0. The molecule has 2 aromatic rings. The number of aromatic nitrogens is 3. The molecule has 1 amide bonds. The smallest absolute Gasteiger partial charge is 0.412 e. The number of esters is 1. The van der Waals surface area contributed by atoms with Crippen molar-refractivity contribution in [3.05, 3.63) is 18.7 Å². The number of anilines is 1. The van der Waals surface area contributed by atoms with Gasteiger partial charge in [-0.25, -0.2) is 14.8 Å². The number of fused-ring (bicyclic) bond motifs is 1. The standard InChI is InChI=1S/C17H24N4O4/c1-16(2,3)24-13(22)9-21-8-12(11-7-18-10-19-14(11)21)20-15(23)25-17(4,5)6/h7-8,10H,9H2,1-6H3,(H,20,23). The summed E-state index contributed by atoms with van der Waals surface area (Å²) in [7, 11) is 0. The van der Waals surface area contributed by atoms with Crippen molar-refractivity contribution in [3.8, 4) is 0 Å². The molecular weight excluding hydrogens is 324 g/mol. The van der Waals surface area contributed by atoms with Gasteiger partial charge in [0.05, 0.1) is 11.1 Å². The van der Waals surface area contributed by atoms with Crippen molar-refractivity contribution in [2.75, 3.05) is 5.32 Å². The molecule has 25 heavy (non-hydrogen) atoms. The van der Waals surface area contributed by atoms with E-state index in [2.05, 4.69) is 15.3 Å². The summed E-state index contributed by atoms with van der Waals surface area (Å²) in [5.41, 5.74) is -0.206. The Morgan fingerprint density at radius 3 is 2.36 bits per heavy atom. The van der Waals surface area contributed by atoms with Crippen LogP contribution in [0, 0.1) is 0 Å². The molecule has 0 fully saturated rings. The van der Waals surface area contributed by atoms with Crippen molar-refractivity contribution < 1.29 is 19.1 Å².